The molecule has 192 valence electrons. The number of fused-ring (bicyclic) bond motifs is 1. The number of hydrogen-bond donors (Lipinski definition) is 1. The maximum Gasteiger partial charge on any atom is 0.418 e. The SMILES string of the molecule is CC(C)C(C(=O)OCC(=O)Nc1ccccc1C(F)(F)F)N1C(=O)c2c(Cl)c(Cl)c(Cl)c(Cl)c2C1=O. The molecule has 14 heteroatoms. The normalized spacial score (nSPS) is 14.2. The topological polar surface area (TPSA) is 92.8 Å². The molecule has 0 spiro atoms. The molecule has 0 saturated carbocycles. The summed E-state index contributed by atoms with van der Waals surface area (Å²) in [4.78, 5) is 51.8. The fourth-order valence-corrected chi connectivity index (χ4v) is 4.56. The molecule has 1 unspecified atom stereocenters. The van der Waals surface area contributed by atoms with Crippen molar-refractivity contribution in [3.63, 3.8) is 0 Å². The third-order valence-electron chi connectivity index (χ3n) is 5.14. The molecule has 0 fully saturated rings. The van der Waals surface area contributed by atoms with Crippen molar-refractivity contribution in [3.05, 3.63) is 61.0 Å². The van der Waals surface area contributed by atoms with Gasteiger partial charge in [-0.05, 0) is 18.1 Å². The van der Waals surface area contributed by atoms with E-state index >= 15 is 0 Å². The highest BCUT2D eigenvalue weighted by Gasteiger charge is 2.48. The Bertz CT molecular complexity index is 1240. The number of anilines is 1. The van der Waals surface area contributed by atoms with E-state index in [4.69, 9.17) is 51.1 Å². The van der Waals surface area contributed by atoms with Gasteiger partial charge >= 0.3 is 12.1 Å². The van der Waals surface area contributed by atoms with Crippen molar-refractivity contribution in [1.29, 1.82) is 0 Å². The lowest BCUT2D eigenvalue weighted by molar-refractivity contribution is -0.152. The summed E-state index contributed by atoms with van der Waals surface area (Å²) >= 11 is 24.2. The molecule has 0 saturated heterocycles. The molecule has 3 rings (SSSR count). The van der Waals surface area contributed by atoms with Crippen LogP contribution < -0.4 is 5.32 Å². The Morgan fingerprint density at radius 1 is 0.944 bits per heavy atom. The summed E-state index contributed by atoms with van der Waals surface area (Å²) in [5, 5.41) is 0.836. The number of rotatable bonds is 6. The van der Waals surface area contributed by atoms with Crippen LogP contribution in [0.3, 0.4) is 0 Å². The van der Waals surface area contributed by atoms with Crippen molar-refractivity contribution in [3.8, 4) is 0 Å². The molecule has 2 aromatic carbocycles. The Hall–Kier alpha value is -2.53. The van der Waals surface area contributed by atoms with Gasteiger partial charge in [-0.2, -0.15) is 13.2 Å². The first-order chi connectivity index (χ1) is 16.7. The molecule has 7 nitrogen and oxygen atoms in total. The number of hydrogen-bond acceptors (Lipinski definition) is 5. The van der Waals surface area contributed by atoms with Crippen molar-refractivity contribution in [1.82, 2.24) is 4.90 Å². The minimum Gasteiger partial charge on any atom is -0.454 e. The van der Waals surface area contributed by atoms with Crippen molar-refractivity contribution in [2.45, 2.75) is 26.1 Å². The fraction of sp³-hybridized carbons (Fsp3) is 0.273. The number of imide groups is 1. The Labute approximate surface area is 222 Å². The number of halogens is 7. The number of nitrogens with one attached hydrogen (secondary N) is 1. The molecule has 1 heterocycles. The van der Waals surface area contributed by atoms with Gasteiger partial charge in [0.1, 0.15) is 6.04 Å². The second kappa shape index (κ2) is 10.5. The summed E-state index contributed by atoms with van der Waals surface area (Å²) in [5.41, 5.74) is -2.33. The zero-order valence-electron chi connectivity index (χ0n) is 18.3. The van der Waals surface area contributed by atoms with E-state index in [-0.39, 0.29) is 31.2 Å². The first-order valence-electron chi connectivity index (χ1n) is 10.0. The van der Waals surface area contributed by atoms with Gasteiger partial charge in [0, 0.05) is 0 Å². The summed E-state index contributed by atoms with van der Waals surface area (Å²) in [6.07, 6.45) is -4.73. The van der Waals surface area contributed by atoms with Crippen molar-refractivity contribution < 1.29 is 37.1 Å². The van der Waals surface area contributed by atoms with E-state index in [2.05, 4.69) is 0 Å². The number of nitrogens with zero attached hydrogens (tertiary/aromatic N) is 1. The lowest BCUT2D eigenvalue weighted by atomic mass is 10.0. The number of para-hydroxylation sites is 1. The third-order valence-corrected chi connectivity index (χ3v) is 6.94. The van der Waals surface area contributed by atoms with E-state index in [9.17, 15) is 32.3 Å². The Balaban J connectivity index is 1.81. The molecule has 0 radical (unpaired) electrons. The van der Waals surface area contributed by atoms with Gasteiger partial charge in [0.05, 0.1) is 42.5 Å². The molecule has 0 aliphatic carbocycles. The molecule has 1 aliphatic heterocycles. The van der Waals surface area contributed by atoms with Crippen LogP contribution in [0.25, 0.3) is 0 Å². The Morgan fingerprint density at radius 2 is 1.44 bits per heavy atom. The second-order valence-corrected chi connectivity index (χ2v) is 9.39. The maximum absolute atomic E-state index is 13.1. The zero-order chi connectivity index (χ0) is 27.1. The highest BCUT2D eigenvalue weighted by atomic mass is 35.5. The average Bonchev–Trinajstić information content (AvgIpc) is 3.05. The smallest absolute Gasteiger partial charge is 0.418 e. The molecular formula is C22H15Cl4F3N2O5. The number of carbonyl (C=O) groups is 4. The average molecular weight is 586 g/mol. The number of amides is 3. The summed E-state index contributed by atoms with van der Waals surface area (Å²) < 4.78 is 44.3. The van der Waals surface area contributed by atoms with Crippen LogP contribution in [0.4, 0.5) is 18.9 Å². The number of carbonyl (C=O) groups excluding carboxylic acids is 4. The minimum absolute atomic E-state index is 0.260. The van der Waals surface area contributed by atoms with E-state index < -0.39 is 59.7 Å². The van der Waals surface area contributed by atoms with Crippen molar-refractivity contribution >= 4 is 75.8 Å². The summed E-state index contributed by atoms with van der Waals surface area (Å²) in [5.74, 6) is -4.92. The quantitative estimate of drug-likeness (QED) is 0.191. The van der Waals surface area contributed by atoms with E-state index in [0.29, 0.717) is 4.90 Å². The van der Waals surface area contributed by atoms with Crippen LogP contribution in [0.5, 0.6) is 0 Å². The number of esters is 1. The first-order valence-corrected chi connectivity index (χ1v) is 11.6. The van der Waals surface area contributed by atoms with Gasteiger partial charge in [-0.25, -0.2) is 4.79 Å². The van der Waals surface area contributed by atoms with E-state index in [0.717, 1.165) is 18.2 Å². The fourth-order valence-electron chi connectivity index (χ4n) is 3.54. The van der Waals surface area contributed by atoms with E-state index in [1.54, 1.807) is 0 Å². The van der Waals surface area contributed by atoms with Crippen molar-refractivity contribution in [2.24, 2.45) is 5.92 Å². The summed E-state index contributed by atoms with van der Waals surface area (Å²) in [7, 11) is 0. The van der Waals surface area contributed by atoms with Crippen LogP contribution in [-0.4, -0.2) is 41.2 Å². The van der Waals surface area contributed by atoms with Crippen LogP contribution in [0, 0.1) is 5.92 Å². The van der Waals surface area contributed by atoms with Gasteiger partial charge in [-0.3, -0.25) is 19.3 Å². The van der Waals surface area contributed by atoms with E-state index in [1.807, 2.05) is 5.32 Å². The lowest BCUT2D eigenvalue weighted by Gasteiger charge is -2.27. The van der Waals surface area contributed by atoms with Gasteiger partial charge in [0.25, 0.3) is 17.7 Å². The molecule has 1 aliphatic rings. The van der Waals surface area contributed by atoms with Gasteiger partial charge in [-0.15, -0.1) is 0 Å². The largest absolute Gasteiger partial charge is 0.454 e. The first kappa shape index (κ1) is 28.0. The van der Waals surface area contributed by atoms with Crippen LogP contribution in [0.15, 0.2) is 24.3 Å². The molecule has 1 N–H and O–H groups in total. The minimum atomic E-state index is -4.73. The molecule has 36 heavy (non-hydrogen) atoms. The van der Waals surface area contributed by atoms with Crippen LogP contribution in [0.2, 0.25) is 20.1 Å². The number of benzene rings is 2. The van der Waals surface area contributed by atoms with E-state index in [1.165, 1.54) is 19.9 Å². The molecule has 2 aromatic rings. The predicted octanol–water partition coefficient (Wildman–Crippen LogP) is 6.12. The standard InChI is InChI=1S/C22H15Cl4F3N2O5/c1-8(2)18(31-19(33)12-13(20(31)34)15(24)17(26)16(25)14(12)23)21(35)36-7-11(32)30-10-6-4-3-5-9(10)22(27,28)29/h3-6,8,18H,7H2,1-2H3,(H,30,32). The van der Waals surface area contributed by atoms with Crippen LogP contribution in [0.1, 0.15) is 40.1 Å². The van der Waals surface area contributed by atoms with Gasteiger partial charge in [0.2, 0.25) is 0 Å². The molecule has 1 atom stereocenters. The van der Waals surface area contributed by atoms with Gasteiger partial charge in [0.15, 0.2) is 6.61 Å². The van der Waals surface area contributed by atoms with Gasteiger partial charge in [-0.1, -0.05) is 72.4 Å². The zero-order valence-corrected chi connectivity index (χ0v) is 21.3. The maximum atomic E-state index is 13.1. The highest BCUT2D eigenvalue weighted by molar-refractivity contribution is 6.55. The molecule has 0 bridgehead atoms. The number of alkyl halides is 3. The third kappa shape index (κ3) is 5.13. The summed E-state index contributed by atoms with van der Waals surface area (Å²) in [6, 6.07) is 2.70. The summed E-state index contributed by atoms with van der Waals surface area (Å²) in [6.45, 7) is 2.01. The van der Waals surface area contributed by atoms with Crippen LogP contribution >= 0.6 is 46.4 Å². The molecular weight excluding hydrogens is 571 g/mol. The van der Waals surface area contributed by atoms with Gasteiger partial charge < -0.3 is 10.1 Å². The molecule has 0 aromatic heterocycles. The Morgan fingerprint density at radius 3 is 1.92 bits per heavy atom. The lowest BCUT2D eigenvalue weighted by Crippen LogP contribution is -2.49. The highest BCUT2D eigenvalue weighted by Crippen LogP contribution is 2.45. The number of ether oxygens (including phenoxy) is 1. The van der Waals surface area contributed by atoms with Crippen LogP contribution in [-0.2, 0) is 20.5 Å². The second-order valence-electron chi connectivity index (χ2n) is 7.87. The molecule has 3 amide bonds. The Kier molecular flexibility index (Phi) is 8.14. The van der Waals surface area contributed by atoms with Crippen molar-refractivity contribution in [2.75, 3.05) is 11.9 Å². The predicted molar refractivity (Wildman–Crippen MR) is 127 cm³/mol. The monoisotopic (exact) mass is 584 g/mol.